The van der Waals surface area contributed by atoms with E-state index in [1.807, 2.05) is 6.07 Å². The zero-order valence-corrected chi connectivity index (χ0v) is 10.6. The highest BCUT2D eigenvalue weighted by molar-refractivity contribution is 5.95. The SMILES string of the molecule is CCC(C#N)(CC)NC(=O)c1c(F)cc(F)cc1F. The second kappa shape index (κ2) is 5.74. The molecule has 0 aliphatic rings. The minimum atomic E-state index is -1.30. The lowest BCUT2D eigenvalue weighted by Crippen LogP contribution is -2.47. The smallest absolute Gasteiger partial charge is 0.258 e. The van der Waals surface area contributed by atoms with Crippen LogP contribution < -0.4 is 5.32 Å². The predicted molar refractivity (Wildman–Crippen MR) is 62.7 cm³/mol. The lowest BCUT2D eigenvalue weighted by molar-refractivity contribution is 0.0906. The van der Waals surface area contributed by atoms with Crippen molar-refractivity contribution < 1.29 is 18.0 Å². The van der Waals surface area contributed by atoms with Crippen LogP contribution in [0.25, 0.3) is 0 Å². The number of benzene rings is 1. The van der Waals surface area contributed by atoms with Crippen molar-refractivity contribution in [2.75, 3.05) is 0 Å². The maximum absolute atomic E-state index is 13.4. The van der Waals surface area contributed by atoms with Gasteiger partial charge in [0, 0.05) is 12.1 Å². The van der Waals surface area contributed by atoms with Crippen LogP contribution in [0.2, 0.25) is 0 Å². The number of carbonyl (C=O) groups is 1. The Hall–Kier alpha value is -2.03. The number of halogens is 3. The highest BCUT2D eigenvalue weighted by Crippen LogP contribution is 2.18. The average Bonchev–Trinajstić information content (AvgIpc) is 2.35. The Balaban J connectivity index is 3.13. The third-order valence-electron chi connectivity index (χ3n) is 3.01. The topological polar surface area (TPSA) is 52.9 Å². The van der Waals surface area contributed by atoms with Crippen LogP contribution in [-0.2, 0) is 0 Å². The van der Waals surface area contributed by atoms with Crippen molar-refractivity contribution in [2.45, 2.75) is 32.2 Å². The molecule has 0 saturated carbocycles. The quantitative estimate of drug-likeness (QED) is 0.914. The highest BCUT2D eigenvalue weighted by atomic mass is 19.1. The third kappa shape index (κ3) is 3.05. The molecule has 0 unspecified atom stereocenters. The molecule has 0 heterocycles. The van der Waals surface area contributed by atoms with Crippen LogP contribution >= 0.6 is 0 Å². The molecule has 1 N–H and O–H groups in total. The van der Waals surface area contributed by atoms with Crippen molar-refractivity contribution in [1.29, 1.82) is 5.26 Å². The van der Waals surface area contributed by atoms with Gasteiger partial charge < -0.3 is 5.32 Å². The van der Waals surface area contributed by atoms with Crippen molar-refractivity contribution in [2.24, 2.45) is 0 Å². The third-order valence-corrected chi connectivity index (χ3v) is 3.01. The highest BCUT2D eigenvalue weighted by Gasteiger charge is 2.30. The van der Waals surface area contributed by atoms with Crippen LogP contribution in [0.4, 0.5) is 13.2 Å². The Morgan fingerprint density at radius 1 is 1.26 bits per heavy atom. The van der Waals surface area contributed by atoms with E-state index in [0.29, 0.717) is 12.1 Å². The Morgan fingerprint density at radius 3 is 2.11 bits per heavy atom. The minimum absolute atomic E-state index is 0.288. The first kappa shape index (κ1) is 15.0. The van der Waals surface area contributed by atoms with Gasteiger partial charge in [-0.15, -0.1) is 0 Å². The first-order valence-corrected chi connectivity index (χ1v) is 5.77. The van der Waals surface area contributed by atoms with Gasteiger partial charge in [0.1, 0.15) is 28.6 Å². The zero-order chi connectivity index (χ0) is 14.6. The predicted octanol–water partition coefficient (Wildman–Crippen LogP) is 2.92. The van der Waals surface area contributed by atoms with E-state index in [1.165, 1.54) is 0 Å². The fraction of sp³-hybridized carbons (Fsp3) is 0.385. The summed E-state index contributed by atoms with van der Waals surface area (Å²) in [6, 6.07) is 2.76. The molecular formula is C13H13F3N2O. The molecule has 1 rings (SSSR count). The van der Waals surface area contributed by atoms with Crippen LogP contribution in [0.3, 0.4) is 0 Å². The number of nitriles is 1. The van der Waals surface area contributed by atoms with Crippen LogP contribution in [0.15, 0.2) is 12.1 Å². The summed E-state index contributed by atoms with van der Waals surface area (Å²) in [5.41, 5.74) is -2.08. The van der Waals surface area contributed by atoms with E-state index in [2.05, 4.69) is 5.32 Å². The normalized spacial score (nSPS) is 10.9. The molecule has 0 atom stereocenters. The van der Waals surface area contributed by atoms with Crippen molar-refractivity contribution in [3.8, 4) is 6.07 Å². The molecule has 1 aromatic rings. The van der Waals surface area contributed by atoms with Crippen molar-refractivity contribution >= 4 is 5.91 Å². The number of hydrogen-bond donors (Lipinski definition) is 1. The summed E-state index contributed by atoms with van der Waals surface area (Å²) in [6.45, 7) is 3.34. The molecule has 19 heavy (non-hydrogen) atoms. The maximum Gasteiger partial charge on any atom is 0.258 e. The molecule has 1 amide bonds. The van der Waals surface area contributed by atoms with Gasteiger partial charge in [-0.1, -0.05) is 13.8 Å². The Kier molecular flexibility index (Phi) is 4.54. The van der Waals surface area contributed by atoms with Gasteiger partial charge in [0.15, 0.2) is 0 Å². The molecule has 0 bridgehead atoms. The monoisotopic (exact) mass is 270 g/mol. The number of carbonyl (C=O) groups excluding carboxylic acids is 1. The van der Waals surface area contributed by atoms with E-state index in [9.17, 15) is 18.0 Å². The standard InChI is InChI=1S/C13H13F3N2O/c1-3-13(4-2,7-17)18-12(19)11-9(15)5-8(14)6-10(11)16/h5-6H,3-4H2,1-2H3,(H,18,19). The van der Waals surface area contributed by atoms with Gasteiger partial charge in [-0.05, 0) is 12.8 Å². The van der Waals surface area contributed by atoms with Crippen LogP contribution in [0.5, 0.6) is 0 Å². The maximum atomic E-state index is 13.4. The molecule has 1 aromatic carbocycles. The lowest BCUT2D eigenvalue weighted by Gasteiger charge is -2.25. The summed E-state index contributed by atoms with van der Waals surface area (Å²) in [6.07, 6.45) is 0.576. The first-order valence-electron chi connectivity index (χ1n) is 5.77. The van der Waals surface area contributed by atoms with Gasteiger partial charge >= 0.3 is 0 Å². The summed E-state index contributed by atoms with van der Waals surface area (Å²) >= 11 is 0. The van der Waals surface area contributed by atoms with Crippen molar-refractivity contribution in [3.63, 3.8) is 0 Å². The van der Waals surface area contributed by atoms with Crippen molar-refractivity contribution in [1.82, 2.24) is 5.32 Å². The number of hydrogen-bond acceptors (Lipinski definition) is 2. The molecule has 0 radical (unpaired) electrons. The van der Waals surface area contributed by atoms with E-state index in [1.54, 1.807) is 13.8 Å². The Morgan fingerprint density at radius 2 is 1.74 bits per heavy atom. The molecule has 0 fully saturated rings. The van der Waals surface area contributed by atoms with Gasteiger partial charge in [-0.2, -0.15) is 5.26 Å². The van der Waals surface area contributed by atoms with Crippen molar-refractivity contribution in [3.05, 3.63) is 35.1 Å². The first-order chi connectivity index (χ1) is 8.89. The molecule has 0 aliphatic heterocycles. The zero-order valence-electron chi connectivity index (χ0n) is 10.6. The summed E-state index contributed by atoms with van der Waals surface area (Å²) in [7, 11) is 0. The number of rotatable bonds is 4. The van der Waals surface area contributed by atoms with Gasteiger partial charge in [0.25, 0.3) is 5.91 Å². The Labute approximate surface area is 109 Å². The fourth-order valence-electron chi connectivity index (χ4n) is 1.65. The molecule has 6 heteroatoms. The van der Waals surface area contributed by atoms with Crippen LogP contribution in [0.1, 0.15) is 37.0 Å². The molecule has 0 saturated heterocycles. The lowest BCUT2D eigenvalue weighted by atomic mass is 9.94. The van der Waals surface area contributed by atoms with E-state index in [-0.39, 0.29) is 12.8 Å². The second-order valence-corrected chi connectivity index (χ2v) is 4.10. The number of nitrogens with zero attached hydrogens (tertiary/aromatic N) is 1. The van der Waals surface area contributed by atoms with Gasteiger partial charge in [0.2, 0.25) is 0 Å². The molecule has 102 valence electrons. The van der Waals surface area contributed by atoms with Gasteiger partial charge in [-0.25, -0.2) is 13.2 Å². The average molecular weight is 270 g/mol. The van der Waals surface area contributed by atoms with E-state index in [0.717, 1.165) is 0 Å². The molecule has 0 aliphatic carbocycles. The minimum Gasteiger partial charge on any atom is -0.334 e. The Bertz CT molecular complexity index is 510. The number of nitrogens with one attached hydrogen (secondary N) is 1. The van der Waals surface area contributed by atoms with Gasteiger partial charge in [-0.3, -0.25) is 4.79 Å². The van der Waals surface area contributed by atoms with Gasteiger partial charge in [0.05, 0.1) is 6.07 Å². The van der Waals surface area contributed by atoms with Crippen LogP contribution in [-0.4, -0.2) is 11.4 Å². The largest absolute Gasteiger partial charge is 0.334 e. The summed E-state index contributed by atoms with van der Waals surface area (Å²) in [5, 5.41) is 11.3. The number of amides is 1. The second-order valence-electron chi connectivity index (χ2n) is 4.10. The summed E-state index contributed by atoms with van der Waals surface area (Å²) in [4.78, 5) is 11.8. The summed E-state index contributed by atoms with van der Waals surface area (Å²) in [5.74, 6) is -4.77. The fourth-order valence-corrected chi connectivity index (χ4v) is 1.65. The summed E-state index contributed by atoms with van der Waals surface area (Å²) < 4.78 is 39.6. The molecule has 0 spiro atoms. The van der Waals surface area contributed by atoms with E-state index >= 15 is 0 Å². The molecule has 3 nitrogen and oxygen atoms in total. The van der Waals surface area contributed by atoms with E-state index < -0.39 is 34.5 Å². The molecular weight excluding hydrogens is 257 g/mol. The molecule has 0 aromatic heterocycles. The van der Waals surface area contributed by atoms with Crippen LogP contribution in [0, 0.1) is 28.8 Å². The van der Waals surface area contributed by atoms with E-state index in [4.69, 9.17) is 5.26 Å².